The summed E-state index contributed by atoms with van der Waals surface area (Å²) in [6, 6.07) is 8.23. The Morgan fingerprint density at radius 2 is 1.87 bits per heavy atom. The second kappa shape index (κ2) is 8.96. The summed E-state index contributed by atoms with van der Waals surface area (Å²) in [4.78, 5) is 27.3. The largest absolute Gasteiger partial charge is 0.356 e. The topological polar surface area (TPSA) is 49.4 Å². The zero-order valence-electron chi connectivity index (χ0n) is 14.0. The first-order valence-corrected chi connectivity index (χ1v) is 9.33. The van der Waals surface area contributed by atoms with E-state index in [9.17, 15) is 9.59 Å². The third-order valence-electron chi connectivity index (χ3n) is 4.15. The molecule has 2 amide bonds. The fourth-order valence-electron chi connectivity index (χ4n) is 2.65. The van der Waals surface area contributed by atoms with Gasteiger partial charge in [0.05, 0.1) is 5.75 Å². The van der Waals surface area contributed by atoms with Crippen LogP contribution in [-0.2, 0) is 9.59 Å². The van der Waals surface area contributed by atoms with Gasteiger partial charge in [-0.15, -0.1) is 11.8 Å². The van der Waals surface area contributed by atoms with Gasteiger partial charge in [-0.2, -0.15) is 0 Å². The predicted molar refractivity (Wildman–Crippen MR) is 94.5 cm³/mol. The fraction of sp³-hybridized carbons (Fsp3) is 0.556. The molecule has 5 heteroatoms. The summed E-state index contributed by atoms with van der Waals surface area (Å²) in [5.74, 6) is 0.849. The molecule has 0 radical (unpaired) electrons. The van der Waals surface area contributed by atoms with Gasteiger partial charge in [-0.05, 0) is 38.3 Å². The molecule has 1 N–H and O–H groups in total. The summed E-state index contributed by atoms with van der Waals surface area (Å²) < 4.78 is 0. The predicted octanol–water partition coefficient (Wildman–Crippen LogP) is 2.85. The van der Waals surface area contributed by atoms with Crippen molar-refractivity contribution in [3.05, 3.63) is 29.8 Å². The Hall–Kier alpha value is -1.49. The number of hydrogen-bond acceptors (Lipinski definition) is 3. The van der Waals surface area contributed by atoms with Gasteiger partial charge in [-0.3, -0.25) is 9.59 Å². The summed E-state index contributed by atoms with van der Waals surface area (Å²) in [6.07, 6.45) is 2.51. The molecule has 0 aliphatic carbocycles. The average Bonchev–Trinajstić information content (AvgIpc) is 2.59. The molecule has 1 fully saturated rings. The summed E-state index contributed by atoms with van der Waals surface area (Å²) in [7, 11) is 0. The Morgan fingerprint density at radius 3 is 2.48 bits per heavy atom. The van der Waals surface area contributed by atoms with Crippen LogP contribution in [0.15, 0.2) is 29.2 Å². The Kier molecular flexibility index (Phi) is 6.96. The molecule has 0 spiro atoms. The number of likely N-dealkylation sites (tertiary alicyclic amines) is 1. The number of rotatable bonds is 6. The van der Waals surface area contributed by atoms with E-state index in [2.05, 4.69) is 36.5 Å². The number of carbonyl (C=O) groups is 2. The zero-order valence-corrected chi connectivity index (χ0v) is 14.8. The Bertz CT molecular complexity index is 522. The molecule has 2 rings (SSSR count). The van der Waals surface area contributed by atoms with Gasteiger partial charge in [0.15, 0.2) is 0 Å². The van der Waals surface area contributed by atoms with Crippen LogP contribution >= 0.6 is 11.8 Å². The van der Waals surface area contributed by atoms with Crippen molar-refractivity contribution in [3.8, 4) is 0 Å². The van der Waals surface area contributed by atoms with Crippen molar-refractivity contribution in [2.24, 2.45) is 5.92 Å². The number of nitrogens with one attached hydrogen (secondary N) is 1. The van der Waals surface area contributed by atoms with Gasteiger partial charge >= 0.3 is 0 Å². The van der Waals surface area contributed by atoms with Crippen molar-refractivity contribution in [1.82, 2.24) is 10.2 Å². The summed E-state index contributed by atoms with van der Waals surface area (Å²) in [5.41, 5.74) is 1.23. The van der Waals surface area contributed by atoms with Gasteiger partial charge in [-0.25, -0.2) is 0 Å². The van der Waals surface area contributed by atoms with Crippen LogP contribution in [0, 0.1) is 12.8 Å². The van der Waals surface area contributed by atoms with Gasteiger partial charge in [0.25, 0.3) is 0 Å². The van der Waals surface area contributed by atoms with Crippen LogP contribution in [0.4, 0.5) is 0 Å². The standard InChI is InChI=1S/C18H26N2O2S/c1-3-10-19-18(22)15-8-11-20(12-9-15)17(21)13-23-16-6-4-14(2)5-7-16/h4-7,15H,3,8-13H2,1-2H3,(H,19,22). The minimum atomic E-state index is 0.0651. The molecule has 1 aliphatic rings. The van der Waals surface area contributed by atoms with Crippen molar-refractivity contribution >= 4 is 23.6 Å². The monoisotopic (exact) mass is 334 g/mol. The highest BCUT2D eigenvalue weighted by Gasteiger charge is 2.26. The van der Waals surface area contributed by atoms with E-state index in [1.54, 1.807) is 11.8 Å². The van der Waals surface area contributed by atoms with Crippen LogP contribution in [0.1, 0.15) is 31.7 Å². The molecule has 1 aliphatic heterocycles. The summed E-state index contributed by atoms with van der Waals surface area (Å²) >= 11 is 1.58. The van der Waals surface area contributed by atoms with Gasteiger partial charge in [0, 0.05) is 30.4 Å². The van der Waals surface area contributed by atoms with Crippen molar-refractivity contribution < 1.29 is 9.59 Å². The van der Waals surface area contributed by atoms with Gasteiger partial charge in [0.1, 0.15) is 0 Å². The molecular weight excluding hydrogens is 308 g/mol. The SMILES string of the molecule is CCCNC(=O)C1CCN(C(=O)CSc2ccc(C)cc2)CC1. The smallest absolute Gasteiger partial charge is 0.232 e. The van der Waals surface area contributed by atoms with Crippen LogP contribution in [-0.4, -0.2) is 42.1 Å². The Balaban J connectivity index is 1.73. The van der Waals surface area contributed by atoms with Crippen molar-refractivity contribution in [2.75, 3.05) is 25.4 Å². The molecule has 0 saturated carbocycles. The number of carbonyl (C=O) groups excluding carboxylic acids is 2. The van der Waals surface area contributed by atoms with Crippen LogP contribution in [0.5, 0.6) is 0 Å². The maximum atomic E-state index is 12.3. The van der Waals surface area contributed by atoms with Crippen LogP contribution < -0.4 is 5.32 Å². The highest BCUT2D eigenvalue weighted by Crippen LogP contribution is 2.21. The van der Waals surface area contributed by atoms with Crippen LogP contribution in [0.2, 0.25) is 0 Å². The molecule has 23 heavy (non-hydrogen) atoms. The number of benzene rings is 1. The normalized spacial score (nSPS) is 15.5. The summed E-state index contributed by atoms with van der Waals surface area (Å²) in [6.45, 7) is 6.23. The van der Waals surface area contributed by atoms with E-state index >= 15 is 0 Å². The van der Waals surface area contributed by atoms with Gasteiger partial charge in [-0.1, -0.05) is 24.6 Å². The quantitative estimate of drug-likeness (QED) is 0.814. The minimum Gasteiger partial charge on any atom is -0.356 e. The number of piperidine rings is 1. The molecular formula is C18H26N2O2S. The molecule has 1 heterocycles. The second-order valence-corrected chi connectivity index (χ2v) is 7.10. The van der Waals surface area contributed by atoms with Gasteiger partial charge < -0.3 is 10.2 Å². The Morgan fingerprint density at radius 1 is 1.22 bits per heavy atom. The molecule has 4 nitrogen and oxygen atoms in total. The van der Waals surface area contributed by atoms with E-state index in [4.69, 9.17) is 0 Å². The maximum absolute atomic E-state index is 12.3. The Labute approximate surface area is 143 Å². The number of thioether (sulfide) groups is 1. The highest BCUT2D eigenvalue weighted by atomic mass is 32.2. The first-order chi connectivity index (χ1) is 11.1. The van der Waals surface area contributed by atoms with E-state index in [1.807, 2.05) is 11.8 Å². The molecule has 1 aromatic rings. The third-order valence-corrected chi connectivity index (χ3v) is 5.15. The lowest BCUT2D eigenvalue weighted by Gasteiger charge is -2.31. The first kappa shape index (κ1) is 17.9. The van der Waals surface area contributed by atoms with E-state index in [0.717, 1.165) is 30.7 Å². The first-order valence-electron chi connectivity index (χ1n) is 8.35. The molecule has 0 atom stereocenters. The number of amides is 2. The molecule has 0 unspecified atom stereocenters. The minimum absolute atomic E-state index is 0.0651. The van der Waals surface area contributed by atoms with E-state index in [0.29, 0.717) is 18.8 Å². The van der Waals surface area contributed by atoms with Crippen molar-refractivity contribution in [3.63, 3.8) is 0 Å². The molecule has 1 saturated heterocycles. The number of aryl methyl sites for hydroxylation is 1. The maximum Gasteiger partial charge on any atom is 0.232 e. The lowest BCUT2D eigenvalue weighted by molar-refractivity contribution is -0.133. The molecule has 0 aromatic heterocycles. The average molecular weight is 334 g/mol. The molecule has 126 valence electrons. The van der Waals surface area contributed by atoms with Crippen LogP contribution in [0.25, 0.3) is 0 Å². The van der Waals surface area contributed by atoms with E-state index in [-0.39, 0.29) is 17.7 Å². The molecule has 0 bridgehead atoms. The van der Waals surface area contributed by atoms with Crippen molar-refractivity contribution in [1.29, 1.82) is 0 Å². The highest BCUT2D eigenvalue weighted by molar-refractivity contribution is 8.00. The molecule has 1 aromatic carbocycles. The number of nitrogens with zero attached hydrogens (tertiary/aromatic N) is 1. The fourth-order valence-corrected chi connectivity index (χ4v) is 3.46. The van der Waals surface area contributed by atoms with E-state index in [1.165, 1.54) is 5.56 Å². The second-order valence-electron chi connectivity index (χ2n) is 6.05. The van der Waals surface area contributed by atoms with Crippen LogP contribution in [0.3, 0.4) is 0 Å². The summed E-state index contributed by atoms with van der Waals surface area (Å²) in [5, 5.41) is 2.95. The van der Waals surface area contributed by atoms with Crippen molar-refractivity contribution in [2.45, 2.75) is 38.0 Å². The zero-order chi connectivity index (χ0) is 16.7. The lowest BCUT2D eigenvalue weighted by Crippen LogP contribution is -2.43. The van der Waals surface area contributed by atoms with E-state index < -0.39 is 0 Å². The third kappa shape index (κ3) is 5.57. The van der Waals surface area contributed by atoms with Gasteiger partial charge in [0.2, 0.25) is 11.8 Å². The lowest BCUT2D eigenvalue weighted by atomic mass is 9.96. The number of hydrogen-bond donors (Lipinski definition) is 1.